The summed E-state index contributed by atoms with van der Waals surface area (Å²) in [4.78, 5) is 23.3. The van der Waals surface area contributed by atoms with Gasteiger partial charge in [-0.05, 0) is 37.5 Å². The SMILES string of the molecule is Cc1ccc(NC(=O)CCCC[C@@H]2[C@H]3NC(=O)N[C@H]3CS2(=O)=O)c(F)c1. The number of anilines is 1. The molecular formula is C17H22FN3O4S. The summed E-state index contributed by atoms with van der Waals surface area (Å²) in [5, 5.41) is 7.19. The first-order valence-electron chi connectivity index (χ1n) is 8.61. The van der Waals surface area contributed by atoms with Gasteiger partial charge in [-0.2, -0.15) is 0 Å². The van der Waals surface area contributed by atoms with E-state index in [-0.39, 0.29) is 35.8 Å². The van der Waals surface area contributed by atoms with Crippen molar-refractivity contribution < 1.29 is 22.4 Å². The largest absolute Gasteiger partial charge is 0.332 e. The van der Waals surface area contributed by atoms with Crippen LogP contribution in [-0.4, -0.2) is 43.4 Å². The molecular weight excluding hydrogens is 361 g/mol. The van der Waals surface area contributed by atoms with E-state index in [1.165, 1.54) is 12.1 Å². The lowest BCUT2D eigenvalue weighted by molar-refractivity contribution is -0.116. The number of hydrogen-bond acceptors (Lipinski definition) is 4. The molecule has 1 aromatic rings. The van der Waals surface area contributed by atoms with E-state index in [4.69, 9.17) is 0 Å². The van der Waals surface area contributed by atoms with Gasteiger partial charge >= 0.3 is 6.03 Å². The first kappa shape index (κ1) is 18.6. The minimum atomic E-state index is -3.26. The van der Waals surface area contributed by atoms with Gasteiger partial charge < -0.3 is 16.0 Å². The van der Waals surface area contributed by atoms with Crippen LogP contribution in [0.4, 0.5) is 14.9 Å². The van der Waals surface area contributed by atoms with E-state index < -0.39 is 26.9 Å². The van der Waals surface area contributed by atoms with Gasteiger partial charge in [0.15, 0.2) is 9.84 Å². The molecule has 9 heteroatoms. The van der Waals surface area contributed by atoms with Crippen molar-refractivity contribution in [3.63, 3.8) is 0 Å². The molecule has 3 N–H and O–H groups in total. The summed E-state index contributed by atoms with van der Waals surface area (Å²) < 4.78 is 38.1. The van der Waals surface area contributed by atoms with E-state index >= 15 is 0 Å². The topological polar surface area (TPSA) is 104 Å². The molecule has 0 bridgehead atoms. The molecule has 0 unspecified atom stereocenters. The van der Waals surface area contributed by atoms with E-state index in [2.05, 4.69) is 16.0 Å². The molecule has 142 valence electrons. The summed E-state index contributed by atoms with van der Waals surface area (Å²) in [5.41, 5.74) is 0.909. The van der Waals surface area contributed by atoms with Crippen LogP contribution in [0.2, 0.25) is 0 Å². The van der Waals surface area contributed by atoms with Crippen molar-refractivity contribution in [2.75, 3.05) is 11.1 Å². The molecule has 0 aromatic heterocycles. The molecule has 2 fully saturated rings. The predicted molar refractivity (Wildman–Crippen MR) is 95.1 cm³/mol. The maximum Gasteiger partial charge on any atom is 0.315 e. The molecule has 3 rings (SSSR count). The van der Waals surface area contributed by atoms with Crippen LogP contribution in [0.1, 0.15) is 31.2 Å². The zero-order valence-corrected chi connectivity index (χ0v) is 15.2. The maximum absolute atomic E-state index is 13.7. The number of halogens is 1. The number of hydrogen-bond donors (Lipinski definition) is 3. The van der Waals surface area contributed by atoms with E-state index in [0.29, 0.717) is 19.3 Å². The third-order valence-electron chi connectivity index (χ3n) is 4.86. The molecule has 1 aromatic carbocycles. The Kier molecular flexibility index (Phi) is 5.17. The maximum atomic E-state index is 13.7. The van der Waals surface area contributed by atoms with Crippen LogP contribution in [-0.2, 0) is 14.6 Å². The van der Waals surface area contributed by atoms with Gasteiger partial charge in [0.05, 0.1) is 28.8 Å². The number of rotatable bonds is 6. The highest BCUT2D eigenvalue weighted by Crippen LogP contribution is 2.28. The van der Waals surface area contributed by atoms with Crippen molar-refractivity contribution in [2.45, 2.75) is 49.9 Å². The molecule has 26 heavy (non-hydrogen) atoms. The molecule has 2 aliphatic rings. The highest BCUT2D eigenvalue weighted by molar-refractivity contribution is 7.92. The highest BCUT2D eigenvalue weighted by Gasteiger charge is 2.51. The number of sulfone groups is 1. The molecule has 0 radical (unpaired) electrons. The molecule has 3 atom stereocenters. The highest BCUT2D eigenvalue weighted by atomic mass is 32.2. The lowest BCUT2D eigenvalue weighted by Crippen LogP contribution is -2.39. The quantitative estimate of drug-likeness (QED) is 0.511. The second kappa shape index (κ2) is 7.22. The van der Waals surface area contributed by atoms with Gasteiger partial charge in [-0.3, -0.25) is 4.79 Å². The number of benzene rings is 1. The van der Waals surface area contributed by atoms with Crippen molar-refractivity contribution in [2.24, 2.45) is 0 Å². The van der Waals surface area contributed by atoms with E-state index in [0.717, 1.165) is 5.56 Å². The van der Waals surface area contributed by atoms with Crippen LogP contribution < -0.4 is 16.0 Å². The Morgan fingerprint density at radius 2 is 2.08 bits per heavy atom. The minimum absolute atomic E-state index is 0.0474. The van der Waals surface area contributed by atoms with E-state index in [1.807, 2.05) is 0 Å². The van der Waals surface area contributed by atoms with Crippen molar-refractivity contribution in [3.05, 3.63) is 29.6 Å². The van der Waals surface area contributed by atoms with Gasteiger partial charge in [0.2, 0.25) is 5.91 Å². The zero-order valence-electron chi connectivity index (χ0n) is 14.4. The van der Waals surface area contributed by atoms with Gasteiger partial charge in [-0.1, -0.05) is 12.5 Å². The summed E-state index contributed by atoms with van der Waals surface area (Å²) in [7, 11) is -3.26. The monoisotopic (exact) mass is 383 g/mol. The zero-order chi connectivity index (χ0) is 18.9. The number of aryl methyl sites for hydroxylation is 1. The normalized spacial score (nSPS) is 26.1. The fraction of sp³-hybridized carbons (Fsp3) is 0.529. The first-order chi connectivity index (χ1) is 12.3. The smallest absolute Gasteiger partial charge is 0.315 e. The van der Waals surface area contributed by atoms with Gasteiger partial charge in [0, 0.05) is 6.42 Å². The standard InChI is InChI=1S/C17H22FN3O4S/c1-10-6-7-12(11(18)8-10)19-15(22)5-3-2-4-14-16-13(9-26(14,24)25)20-17(23)21-16/h6-8,13-14,16H,2-5,9H2,1H3,(H,19,22)(H2,20,21,23)/t13-,14+,16-/m0/s1. The van der Waals surface area contributed by atoms with Crippen LogP contribution in [0.5, 0.6) is 0 Å². The summed E-state index contributed by atoms with van der Waals surface area (Å²) >= 11 is 0. The molecule has 0 spiro atoms. The van der Waals surface area contributed by atoms with E-state index in [9.17, 15) is 22.4 Å². The van der Waals surface area contributed by atoms with Gasteiger partial charge in [0.25, 0.3) is 0 Å². The van der Waals surface area contributed by atoms with Crippen molar-refractivity contribution >= 4 is 27.5 Å². The number of carbonyl (C=O) groups is 2. The number of unbranched alkanes of at least 4 members (excludes halogenated alkanes) is 1. The van der Waals surface area contributed by atoms with Crippen LogP contribution >= 0.6 is 0 Å². The fourth-order valence-electron chi connectivity index (χ4n) is 3.57. The van der Waals surface area contributed by atoms with Crippen LogP contribution in [0.3, 0.4) is 0 Å². The predicted octanol–water partition coefficient (Wildman–Crippen LogP) is 1.48. The Balaban J connectivity index is 1.46. The number of urea groups is 1. The van der Waals surface area contributed by atoms with Gasteiger partial charge in [-0.25, -0.2) is 17.6 Å². The number of nitrogens with one attached hydrogen (secondary N) is 3. The first-order valence-corrected chi connectivity index (χ1v) is 10.3. The average Bonchev–Trinajstić information content (AvgIpc) is 2.99. The third kappa shape index (κ3) is 3.98. The Morgan fingerprint density at radius 1 is 1.31 bits per heavy atom. The summed E-state index contributed by atoms with van der Waals surface area (Å²) in [5.74, 6) is -0.837. The molecule has 3 amide bonds. The average molecular weight is 383 g/mol. The Morgan fingerprint density at radius 3 is 2.81 bits per heavy atom. The summed E-state index contributed by atoms with van der Waals surface area (Å²) in [6, 6.07) is 3.47. The lowest BCUT2D eigenvalue weighted by Gasteiger charge is -2.16. The number of fused-ring (bicyclic) bond motifs is 1. The van der Waals surface area contributed by atoms with Crippen molar-refractivity contribution in [3.8, 4) is 0 Å². The Hall–Kier alpha value is -2.16. The van der Waals surface area contributed by atoms with Crippen LogP contribution in [0, 0.1) is 12.7 Å². The van der Waals surface area contributed by atoms with Crippen molar-refractivity contribution in [1.82, 2.24) is 10.6 Å². The van der Waals surface area contributed by atoms with Crippen LogP contribution in [0.15, 0.2) is 18.2 Å². The second-order valence-corrected chi connectivity index (χ2v) is 9.16. The van der Waals surface area contributed by atoms with E-state index in [1.54, 1.807) is 13.0 Å². The molecule has 7 nitrogen and oxygen atoms in total. The molecule has 2 aliphatic heterocycles. The molecule has 2 saturated heterocycles. The minimum Gasteiger partial charge on any atom is -0.332 e. The molecule has 0 saturated carbocycles. The second-order valence-electron chi connectivity index (χ2n) is 6.90. The molecule has 0 aliphatic carbocycles. The lowest BCUT2D eigenvalue weighted by atomic mass is 10.0. The van der Waals surface area contributed by atoms with Crippen molar-refractivity contribution in [1.29, 1.82) is 0 Å². The number of amides is 3. The molecule has 2 heterocycles. The third-order valence-corrected chi connectivity index (χ3v) is 7.14. The van der Waals surface area contributed by atoms with Crippen LogP contribution in [0.25, 0.3) is 0 Å². The van der Waals surface area contributed by atoms with Gasteiger partial charge in [-0.15, -0.1) is 0 Å². The summed E-state index contributed by atoms with van der Waals surface area (Å²) in [6.45, 7) is 1.76. The Labute approximate surface area is 151 Å². The Bertz CT molecular complexity index is 827. The fourth-order valence-corrected chi connectivity index (χ4v) is 5.84. The summed E-state index contributed by atoms with van der Waals surface area (Å²) in [6.07, 6.45) is 1.59. The van der Waals surface area contributed by atoms with Gasteiger partial charge in [0.1, 0.15) is 5.82 Å². The number of carbonyl (C=O) groups excluding carboxylic acids is 2.